The van der Waals surface area contributed by atoms with Gasteiger partial charge in [-0.2, -0.15) is 0 Å². The molecule has 0 unspecified atom stereocenters. The molecule has 3 N–H and O–H groups in total. The molecule has 1 fully saturated rings. The molecule has 0 saturated carbocycles. The van der Waals surface area contributed by atoms with Gasteiger partial charge in [0.15, 0.2) is 0 Å². The first kappa shape index (κ1) is 15.2. The number of hydrogen-bond acceptors (Lipinski definition) is 5. The van der Waals surface area contributed by atoms with E-state index in [0.29, 0.717) is 11.6 Å². The second-order valence-corrected chi connectivity index (χ2v) is 5.89. The SMILES string of the molecule is Nc1ncc(-c2ccc(Cl)cc2)c([C@H]2CCCN2CCO)n1. The smallest absolute Gasteiger partial charge is 0.220 e. The molecule has 0 aliphatic carbocycles. The van der Waals surface area contributed by atoms with E-state index in [-0.39, 0.29) is 18.6 Å². The van der Waals surface area contributed by atoms with Crippen molar-refractivity contribution in [1.82, 2.24) is 14.9 Å². The average Bonchev–Trinajstić information content (AvgIpc) is 2.97. The Bertz CT molecular complexity index is 647. The maximum atomic E-state index is 9.25. The molecule has 1 aromatic heterocycles. The van der Waals surface area contributed by atoms with Crippen molar-refractivity contribution in [3.8, 4) is 11.1 Å². The molecular weight excluding hydrogens is 300 g/mol. The van der Waals surface area contributed by atoms with Crippen LogP contribution in [0.1, 0.15) is 24.6 Å². The summed E-state index contributed by atoms with van der Waals surface area (Å²) in [5.41, 5.74) is 8.73. The zero-order valence-electron chi connectivity index (χ0n) is 12.2. The molecule has 2 heterocycles. The molecule has 5 nitrogen and oxygen atoms in total. The van der Waals surface area contributed by atoms with Gasteiger partial charge in [0.05, 0.1) is 18.3 Å². The Morgan fingerprint density at radius 3 is 2.82 bits per heavy atom. The van der Waals surface area contributed by atoms with Gasteiger partial charge in [0, 0.05) is 23.3 Å². The molecule has 0 bridgehead atoms. The number of likely N-dealkylation sites (tertiary alicyclic amines) is 1. The van der Waals surface area contributed by atoms with Crippen LogP contribution in [-0.4, -0.2) is 39.7 Å². The predicted octanol–water partition coefficient (Wildman–Crippen LogP) is 2.51. The maximum absolute atomic E-state index is 9.25. The number of nitrogens with zero attached hydrogens (tertiary/aromatic N) is 3. The Hall–Kier alpha value is -1.69. The monoisotopic (exact) mass is 318 g/mol. The van der Waals surface area contributed by atoms with Gasteiger partial charge in [0.1, 0.15) is 0 Å². The molecule has 116 valence electrons. The summed E-state index contributed by atoms with van der Waals surface area (Å²) in [5, 5.41) is 9.95. The van der Waals surface area contributed by atoms with Crippen LogP contribution in [0.5, 0.6) is 0 Å². The number of nitrogen functional groups attached to an aromatic ring is 1. The number of anilines is 1. The first-order valence-corrected chi connectivity index (χ1v) is 7.80. The van der Waals surface area contributed by atoms with Crippen molar-refractivity contribution in [3.05, 3.63) is 41.2 Å². The molecule has 1 aromatic carbocycles. The molecule has 1 atom stereocenters. The van der Waals surface area contributed by atoms with Gasteiger partial charge in [-0.05, 0) is 37.1 Å². The molecule has 2 aromatic rings. The van der Waals surface area contributed by atoms with Crippen LogP contribution in [0, 0.1) is 0 Å². The Morgan fingerprint density at radius 1 is 1.32 bits per heavy atom. The highest BCUT2D eigenvalue weighted by molar-refractivity contribution is 6.30. The average molecular weight is 319 g/mol. The minimum atomic E-state index is 0.146. The molecule has 1 saturated heterocycles. The van der Waals surface area contributed by atoms with Gasteiger partial charge < -0.3 is 10.8 Å². The lowest BCUT2D eigenvalue weighted by molar-refractivity contribution is 0.184. The van der Waals surface area contributed by atoms with Gasteiger partial charge in [-0.1, -0.05) is 23.7 Å². The molecular formula is C16H19ClN4O. The number of hydrogen-bond donors (Lipinski definition) is 2. The summed E-state index contributed by atoms with van der Waals surface area (Å²) in [5.74, 6) is 0.281. The number of aliphatic hydroxyl groups excluding tert-OH is 1. The standard InChI is InChI=1S/C16H19ClN4O/c17-12-5-3-11(4-6-12)13-10-19-16(18)20-15(13)14-2-1-7-21(14)8-9-22/h3-6,10,14,22H,1-2,7-9H2,(H2,18,19,20)/t14-/m1/s1. The van der Waals surface area contributed by atoms with Crippen LogP contribution in [-0.2, 0) is 0 Å². The Labute approximate surface area is 134 Å². The number of β-amino-alcohol motifs (C(OH)–C–C–N with tert-alkyl or cyclic N) is 1. The molecule has 0 radical (unpaired) electrons. The van der Waals surface area contributed by atoms with Gasteiger partial charge in [0.25, 0.3) is 0 Å². The van der Waals surface area contributed by atoms with E-state index < -0.39 is 0 Å². The third-order valence-electron chi connectivity index (χ3n) is 4.06. The van der Waals surface area contributed by atoms with Gasteiger partial charge in [0.2, 0.25) is 5.95 Å². The number of aromatic nitrogens is 2. The van der Waals surface area contributed by atoms with Crippen LogP contribution >= 0.6 is 11.6 Å². The highest BCUT2D eigenvalue weighted by atomic mass is 35.5. The predicted molar refractivity (Wildman–Crippen MR) is 87.5 cm³/mol. The number of benzene rings is 1. The second-order valence-electron chi connectivity index (χ2n) is 5.45. The first-order valence-electron chi connectivity index (χ1n) is 7.42. The molecule has 6 heteroatoms. The number of rotatable bonds is 4. The molecule has 22 heavy (non-hydrogen) atoms. The van der Waals surface area contributed by atoms with Crippen molar-refractivity contribution in [1.29, 1.82) is 0 Å². The fourth-order valence-corrected chi connectivity index (χ4v) is 3.17. The minimum absolute atomic E-state index is 0.146. The summed E-state index contributed by atoms with van der Waals surface area (Å²) < 4.78 is 0. The van der Waals surface area contributed by atoms with Crippen LogP contribution in [0.25, 0.3) is 11.1 Å². The Kier molecular flexibility index (Phi) is 4.57. The van der Waals surface area contributed by atoms with E-state index in [4.69, 9.17) is 17.3 Å². The summed E-state index contributed by atoms with van der Waals surface area (Å²) in [4.78, 5) is 10.9. The third-order valence-corrected chi connectivity index (χ3v) is 4.31. The number of nitrogens with two attached hydrogens (primary N) is 1. The van der Waals surface area contributed by atoms with Crippen molar-refractivity contribution in [2.24, 2.45) is 0 Å². The zero-order chi connectivity index (χ0) is 15.5. The van der Waals surface area contributed by atoms with Gasteiger partial charge in [-0.3, -0.25) is 4.90 Å². The highest BCUT2D eigenvalue weighted by Gasteiger charge is 2.29. The van der Waals surface area contributed by atoms with E-state index in [1.54, 1.807) is 6.20 Å². The van der Waals surface area contributed by atoms with Crippen LogP contribution in [0.4, 0.5) is 5.95 Å². The van der Waals surface area contributed by atoms with Crippen LogP contribution < -0.4 is 5.73 Å². The summed E-state index contributed by atoms with van der Waals surface area (Å²) in [6.07, 6.45) is 3.88. The first-order chi connectivity index (χ1) is 10.7. The van der Waals surface area contributed by atoms with E-state index in [2.05, 4.69) is 14.9 Å². The van der Waals surface area contributed by atoms with E-state index in [1.165, 1.54) is 0 Å². The van der Waals surface area contributed by atoms with E-state index in [1.807, 2.05) is 24.3 Å². The summed E-state index contributed by atoms with van der Waals surface area (Å²) >= 11 is 5.97. The summed E-state index contributed by atoms with van der Waals surface area (Å²) in [6.45, 7) is 1.76. The molecule has 1 aliphatic heterocycles. The van der Waals surface area contributed by atoms with Gasteiger partial charge >= 0.3 is 0 Å². The minimum Gasteiger partial charge on any atom is -0.395 e. The summed E-state index contributed by atoms with van der Waals surface area (Å²) in [6, 6.07) is 7.81. The largest absolute Gasteiger partial charge is 0.395 e. The quantitative estimate of drug-likeness (QED) is 0.906. The van der Waals surface area contributed by atoms with Crippen molar-refractivity contribution in [2.45, 2.75) is 18.9 Å². The van der Waals surface area contributed by atoms with Gasteiger partial charge in [-0.15, -0.1) is 0 Å². The zero-order valence-corrected chi connectivity index (χ0v) is 13.0. The lowest BCUT2D eigenvalue weighted by atomic mass is 10.00. The van der Waals surface area contributed by atoms with E-state index in [9.17, 15) is 5.11 Å². The van der Waals surface area contributed by atoms with Crippen molar-refractivity contribution < 1.29 is 5.11 Å². The van der Waals surface area contributed by atoms with Crippen molar-refractivity contribution >= 4 is 17.5 Å². The van der Waals surface area contributed by atoms with Crippen LogP contribution in [0.3, 0.4) is 0 Å². The molecule has 3 rings (SSSR count). The number of aliphatic hydroxyl groups is 1. The Balaban J connectivity index is 2.02. The Morgan fingerprint density at radius 2 is 2.09 bits per heavy atom. The normalized spacial score (nSPS) is 18.7. The highest BCUT2D eigenvalue weighted by Crippen LogP contribution is 2.36. The number of halogens is 1. The molecule has 1 aliphatic rings. The summed E-state index contributed by atoms with van der Waals surface area (Å²) in [7, 11) is 0. The van der Waals surface area contributed by atoms with E-state index >= 15 is 0 Å². The molecule has 0 spiro atoms. The van der Waals surface area contributed by atoms with E-state index in [0.717, 1.165) is 36.2 Å². The molecule has 0 amide bonds. The lowest BCUT2D eigenvalue weighted by Crippen LogP contribution is -2.27. The second kappa shape index (κ2) is 6.60. The van der Waals surface area contributed by atoms with Crippen LogP contribution in [0.15, 0.2) is 30.5 Å². The maximum Gasteiger partial charge on any atom is 0.220 e. The van der Waals surface area contributed by atoms with Gasteiger partial charge in [-0.25, -0.2) is 9.97 Å². The van der Waals surface area contributed by atoms with Crippen molar-refractivity contribution in [2.75, 3.05) is 25.4 Å². The lowest BCUT2D eigenvalue weighted by Gasteiger charge is -2.25. The fraction of sp³-hybridized carbons (Fsp3) is 0.375. The fourth-order valence-electron chi connectivity index (χ4n) is 3.05. The topological polar surface area (TPSA) is 75.3 Å². The van der Waals surface area contributed by atoms with Crippen LogP contribution in [0.2, 0.25) is 5.02 Å². The van der Waals surface area contributed by atoms with Crippen molar-refractivity contribution in [3.63, 3.8) is 0 Å². The third kappa shape index (κ3) is 3.06.